The maximum atomic E-state index is 12.8. The molecule has 2 aromatic heterocycles. The number of amides is 2. The third-order valence-electron chi connectivity index (χ3n) is 5.52. The predicted octanol–water partition coefficient (Wildman–Crippen LogP) is 2.00. The van der Waals surface area contributed by atoms with Crippen molar-refractivity contribution >= 4 is 39.1 Å². The first kappa shape index (κ1) is 18.2. The summed E-state index contributed by atoms with van der Waals surface area (Å²) in [4.78, 5) is 35.0. The molecule has 2 aliphatic rings. The van der Waals surface area contributed by atoms with Gasteiger partial charge < -0.3 is 16.0 Å². The Kier molecular flexibility index (Phi) is 5.01. The van der Waals surface area contributed by atoms with Gasteiger partial charge in [0.25, 0.3) is 5.91 Å². The maximum Gasteiger partial charge on any atom is 0.263 e. The third kappa shape index (κ3) is 3.39. The number of nitrogens with zero attached hydrogens (tertiary/aromatic N) is 3. The summed E-state index contributed by atoms with van der Waals surface area (Å²) in [6.45, 7) is 3.33. The largest absolute Gasteiger partial charge is 0.397 e. The Morgan fingerprint density at radius 2 is 2.04 bits per heavy atom. The van der Waals surface area contributed by atoms with Gasteiger partial charge in [0.15, 0.2) is 0 Å². The third-order valence-corrected chi connectivity index (χ3v) is 6.63. The highest BCUT2D eigenvalue weighted by molar-refractivity contribution is 7.21. The van der Waals surface area contributed by atoms with Gasteiger partial charge in [0.1, 0.15) is 9.71 Å². The summed E-state index contributed by atoms with van der Waals surface area (Å²) < 4.78 is 0. The quantitative estimate of drug-likeness (QED) is 0.837. The van der Waals surface area contributed by atoms with Gasteiger partial charge in [0, 0.05) is 19.0 Å². The molecule has 2 aliphatic heterocycles. The van der Waals surface area contributed by atoms with E-state index >= 15 is 0 Å². The van der Waals surface area contributed by atoms with Gasteiger partial charge in [-0.2, -0.15) is 0 Å². The Morgan fingerprint density at radius 3 is 2.78 bits per heavy atom. The lowest BCUT2D eigenvalue weighted by Gasteiger charge is -2.26. The molecule has 0 unspecified atom stereocenters. The number of hydrogen-bond acceptors (Lipinski definition) is 6. The molecule has 0 bridgehead atoms. The molecule has 4 rings (SSSR count). The molecule has 0 spiro atoms. The van der Waals surface area contributed by atoms with Crippen molar-refractivity contribution in [2.24, 2.45) is 0 Å². The maximum absolute atomic E-state index is 12.8. The molecular weight excluding hydrogens is 362 g/mol. The van der Waals surface area contributed by atoms with E-state index in [9.17, 15) is 9.59 Å². The van der Waals surface area contributed by atoms with E-state index in [0.717, 1.165) is 48.4 Å². The van der Waals surface area contributed by atoms with Crippen molar-refractivity contribution in [1.82, 2.24) is 20.1 Å². The molecule has 2 aromatic rings. The molecule has 2 fully saturated rings. The van der Waals surface area contributed by atoms with Crippen LogP contribution in [0.5, 0.6) is 0 Å². The summed E-state index contributed by atoms with van der Waals surface area (Å²) in [6, 6.07) is 3.89. The number of anilines is 1. The van der Waals surface area contributed by atoms with Crippen molar-refractivity contribution in [3.8, 4) is 0 Å². The molecular formula is C19H25N5O2S. The van der Waals surface area contributed by atoms with Crippen LogP contribution in [0.25, 0.3) is 10.2 Å². The highest BCUT2D eigenvalue weighted by Crippen LogP contribution is 2.36. The van der Waals surface area contributed by atoms with Gasteiger partial charge in [-0.3, -0.25) is 14.5 Å². The lowest BCUT2D eigenvalue weighted by molar-refractivity contribution is -0.133. The van der Waals surface area contributed by atoms with E-state index in [4.69, 9.17) is 10.7 Å². The fraction of sp³-hybridized carbons (Fsp3) is 0.526. The summed E-state index contributed by atoms with van der Waals surface area (Å²) in [6.07, 6.45) is 4.28. The second-order valence-electron chi connectivity index (χ2n) is 7.24. The van der Waals surface area contributed by atoms with Gasteiger partial charge >= 0.3 is 0 Å². The smallest absolute Gasteiger partial charge is 0.263 e. The molecule has 8 heteroatoms. The lowest BCUT2D eigenvalue weighted by Crippen LogP contribution is -2.39. The molecule has 27 heavy (non-hydrogen) atoms. The van der Waals surface area contributed by atoms with E-state index in [1.54, 1.807) is 7.05 Å². The van der Waals surface area contributed by atoms with Crippen LogP contribution in [0, 0.1) is 0 Å². The number of nitrogens with two attached hydrogens (primary N) is 1. The van der Waals surface area contributed by atoms with Crippen molar-refractivity contribution in [1.29, 1.82) is 0 Å². The second kappa shape index (κ2) is 7.44. The van der Waals surface area contributed by atoms with Gasteiger partial charge in [-0.1, -0.05) is 0 Å². The average Bonchev–Trinajstić information content (AvgIpc) is 3.41. The Hall–Kier alpha value is -2.19. The fourth-order valence-corrected chi connectivity index (χ4v) is 5.12. The van der Waals surface area contributed by atoms with E-state index in [-0.39, 0.29) is 17.9 Å². The minimum atomic E-state index is -0.194. The number of hydrogen-bond donors (Lipinski definition) is 2. The van der Waals surface area contributed by atoms with E-state index in [2.05, 4.69) is 10.2 Å². The molecule has 0 radical (unpaired) electrons. The van der Waals surface area contributed by atoms with Crippen LogP contribution in [0.4, 0.5) is 5.69 Å². The molecule has 4 heterocycles. The molecule has 0 saturated carbocycles. The van der Waals surface area contributed by atoms with Gasteiger partial charge in [-0.05, 0) is 50.9 Å². The standard InChI is InChI=1S/C19H25N5O2S/c1-21-18(26)17-16(20)12-6-7-13(22-19(12)27-17)14-5-4-10-24(14)15(25)11-23-8-2-3-9-23/h6-7,14H,2-5,8-11,20H2,1H3,(H,21,26)/t14-/m1/s1. The summed E-state index contributed by atoms with van der Waals surface area (Å²) in [5.74, 6) is -0.00151. The van der Waals surface area contributed by atoms with Crippen molar-refractivity contribution in [2.45, 2.75) is 31.7 Å². The number of carbonyl (C=O) groups excluding carboxylic acids is 2. The van der Waals surface area contributed by atoms with Crippen molar-refractivity contribution in [3.63, 3.8) is 0 Å². The molecule has 2 amide bonds. The van der Waals surface area contributed by atoms with Crippen LogP contribution in [0.2, 0.25) is 0 Å². The van der Waals surface area contributed by atoms with Crippen LogP contribution >= 0.6 is 11.3 Å². The molecule has 7 nitrogen and oxygen atoms in total. The molecule has 144 valence electrons. The van der Waals surface area contributed by atoms with E-state index < -0.39 is 0 Å². The zero-order valence-electron chi connectivity index (χ0n) is 15.5. The number of aromatic nitrogens is 1. The molecule has 1 atom stereocenters. The number of pyridine rings is 1. The van der Waals surface area contributed by atoms with Crippen LogP contribution < -0.4 is 11.1 Å². The average molecular weight is 388 g/mol. The summed E-state index contributed by atoms with van der Waals surface area (Å²) >= 11 is 1.31. The lowest BCUT2D eigenvalue weighted by atomic mass is 10.1. The Labute approximate surface area is 162 Å². The first-order chi connectivity index (χ1) is 13.1. The van der Waals surface area contributed by atoms with Crippen molar-refractivity contribution in [2.75, 3.05) is 39.0 Å². The zero-order chi connectivity index (χ0) is 19.0. The van der Waals surface area contributed by atoms with Gasteiger partial charge in [-0.15, -0.1) is 11.3 Å². The topological polar surface area (TPSA) is 91.6 Å². The number of thiophene rings is 1. The number of nitrogen functional groups attached to an aromatic ring is 1. The van der Waals surface area contributed by atoms with E-state index in [1.165, 1.54) is 24.2 Å². The first-order valence-electron chi connectivity index (χ1n) is 9.51. The summed E-state index contributed by atoms with van der Waals surface area (Å²) in [5.41, 5.74) is 7.49. The zero-order valence-corrected chi connectivity index (χ0v) is 16.3. The summed E-state index contributed by atoms with van der Waals surface area (Å²) in [5, 5.41) is 3.42. The van der Waals surface area contributed by atoms with Crippen LogP contribution in [-0.2, 0) is 4.79 Å². The van der Waals surface area contributed by atoms with E-state index in [1.807, 2.05) is 17.0 Å². The molecule has 3 N–H and O–H groups in total. The number of fused-ring (bicyclic) bond motifs is 1. The number of likely N-dealkylation sites (tertiary alicyclic amines) is 2. The van der Waals surface area contributed by atoms with E-state index in [0.29, 0.717) is 17.1 Å². The van der Waals surface area contributed by atoms with Crippen molar-refractivity contribution in [3.05, 3.63) is 22.7 Å². The number of rotatable bonds is 4. The Balaban J connectivity index is 1.58. The number of carbonyl (C=O) groups is 2. The SMILES string of the molecule is CNC(=O)c1sc2nc([C@H]3CCCN3C(=O)CN3CCCC3)ccc2c1N. The number of nitrogens with one attached hydrogen (secondary N) is 1. The van der Waals surface area contributed by atoms with Crippen LogP contribution in [-0.4, -0.2) is 59.8 Å². The van der Waals surface area contributed by atoms with Crippen LogP contribution in [0.1, 0.15) is 47.1 Å². The highest BCUT2D eigenvalue weighted by atomic mass is 32.1. The minimum Gasteiger partial charge on any atom is -0.397 e. The molecule has 2 saturated heterocycles. The Bertz CT molecular complexity index is 874. The first-order valence-corrected chi connectivity index (χ1v) is 10.3. The van der Waals surface area contributed by atoms with Gasteiger partial charge in [0.2, 0.25) is 5.91 Å². The molecule has 0 aliphatic carbocycles. The highest BCUT2D eigenvalue weighted by Gasteiger charge is 2.32. The van der Waals surface area contributed by atoms with Crippen LogP contribution in [0.15, 0.2) is 12.1 Å². The predicted molar refractivity (Wildman–Crippen MR) is 107 cm³/mol. The normalized spacial score (nSPS) is 20.5. The minimum absolute atomic E-state index is 0.0104. The van der Waals surface area contributed by atoms with Crippen molar-refractivity contribution < 1.29 is 9.59 Å². The monoisotopic (exact) mass is 387 g/mol. The van der Waals surface area contributed by atoms with Gasteiger partial charge in [0.05, 0.1) is 24.0 Å². The second-order valence-corrected chi connectivity index (χ2v) is 8.24. The summed E-state index contributed by atoms with van der Waals surface area (Å²) in [7, 11) is 1.59. The fourth-order valence-electron chi connectivity index (χ4n) is 4.07. The Morgan fingerprint density at radius 1 is 1.26 bits per heavy atom. The van der Waals surface area contributed by atoms with Gasteiger partial charge in [-0.25, -0.2) is 4.98 Å². The van der Waals surface area contributed by atoms with Crippen LogP contribution in [0.3, 0.4) is 0 Å². The molecule has 0 aromatic carbocycles.